The number of hydrogen-bond acceptors (Lipinski definition) is 0. The number of rotatable bonds is 3. The van der Waals surface area contributed by atoms with E-state index in [0.29, 0.717) is 0 Å². The smallest absolute Gasteiger partial charge is 0.0105 e. The van der Waals surface area contributed by atoms with Crippen molar-refractivity contribution in [2.75, 3.05) is 0 Å². The Morgan fingerprint density at radius 2 is 1.21 bits per heavy atom. The third kappa shape index (κ3) is 2.78. The van der Waals surface area contributed by atoms with E-state index in [1.54, 1.807) is 0 Å². The number of hydrogen-bond donors (Lipinski definition) is 0. The van der Waals surface area contributed by atoms with Crippen LogP contribution in [0.3, 0.4) is 0 Å². The van der Waals surface area contributed by atoms with Gasteiger partial charge >= 0.3 is 0 Å². The van der Waals surface area contributed by atoms with E-state index in [0.717, 1.165) is 6.42 Å². The van der Waals surface area contributed by atoms with Crippen molar-refractivity contribution in [3.8, 4) is 22.3 Å². The van der Waals surface area contributed by atoms with E-state index in [1.807, 2.05) is 0 Å². The van der Waals surface area contributed by atoms with E-state index < -0.39 is 0 Å². The van der Waals surface area contributed by atoms with Crippen LogP contribution in [0.15, 0.2) is 103 Å². The fraction of sp³-hybridized carbons (Fsp3) is 0.0714. The highest BCUT2D eigenvalue weighted by Crippen LogP contribution is 2.35. The molecular weight excluding hydrogens is 336 g/mol. The SMILES string of the molecule is CCc1c(-c2ccccc2)ccc2ccc(-c3cccc4ccccc34)cc12. The minimum absolute atomic E-state index is 1.01. The molecule has 0 heterocycles. The summed E-state index contributed by atoms with van der Waals surface area (Å²) in [5, 5.41) is 5.25. The predicted octanol–water partition coefficient (Wildman–Crippen LogP) is 7.89. The second-order valence-electron chi connectivity index (χ2n) is 7.27. The fourth-order valence-corrected chi connectivity index (χ4v) is 4.30. The summed E-state index contributed by atoms with van der Waals surface area (Å²) in [6.07, 6.45) is 1.01. The fourth-order valence-electron chi connectivity index (χ4n) is 4.30. The van der Waals surface area contributed by atoms with Gasteiger partial charge in [-0.05, 0) is 61.8 Å². The Morgan fingerprint density at radius 3 is 2.07 bits per heavy atom. The van der Waals surface area contributed by atoms with Crippen molar-refractivity contribution in [3.05, 3.63) is 109 Å². The van der Waals surface area contributed by atoms with Gasteiger partial charge in [0.1, 0.15) is 0 Å². The van der Waals surface area contributed by atoms with E-state index >= 15 is 0 Å². The molecule has 0 aliphatic carbocycles. The van der Waals surface area contributed by atoms with Crippen LogP contribution in [0.4, 0.5) is 0 Å². The summed E-state index contributed by atoms with van der Waals surface area (Å²) in [5.74, 6) is 0. The monoisotopic (exact) mass is 358 g/mol. The van der Waals surface area contributed by atoms with Crippen molar-refractivity contribution >= 4 is 21.5 Å². The average Bonchev–Trinajstić information content (AvgIpc) is 2.78. The first-order valence-electron chi connectivity index (χ1n) is 9.94. The number of aryl methyl sites for hydroxylation is 1. The second kappa shape index (κ2) is 6.98. The lowest BCUT2D eigenvalue weighted by molar-refractivity contribution is 1.16. The normalized spacial score (nSPS) is 11.2. The molecule has 5 rings (SSSR count). The third-order valence-corrected chi connectivity index (χ3v) is 5.67. The molecule has 0 aliphatic rings. The summed E-state index contributed by atoms with van der Waals surface area (Å²) in [4.78, 5) is 0. The van der Waals surface area contributed by atoms with Crippen LogP contribution in [0, 0.1) is 0 Å². The van der Waals surface area contributed by atoms with Crippen molar-refractivity contribution in [3.63, 3.8) is 0 Å². The van der Waals surface area contributed by atoms with Gasteiger partial charge in [-0.3, -0.25) is 0 Å². The molecule has 0 heteroatoms. The van der Waals surface area contributed by atoms with Crippen molar-refractivity contribution in [1.82, 2.24) is 0 Å². The van der Waals surface area contributed by atoms with Gasteiger partial charge in [0, 0.05) is 0 Å². The van der Waals surface area contributed by atoms with Crippen molar-refractivity contribution in [2.24, 2.45) is 0 Å². The molecule has 0 unspecified atom stereocenters. The molecule has 0 spiro atoms. The van der Waals surface area contributed by atoms with E-state index in [9.17, 15) is 0 Å². The van der Waals surface area contributed by atoms with Gasteiger partial charge in [-0.15, -0.1) is 0 Å². The first-order chi connectivity index (χ1) is 13.8. The molecule has 0 nitrogen and oxygen atoms in total. The van der Waals surface area contributed by atoms with Gasteiger partial charge in [-0.2, -0.15) is 0 Å². The van der Waals surface area contributed by atoms with Crippen molar-refractivity contribution < 1.29 is 0 Å². The highest BCUT2D eigenvalue weighted by atomic mass is 14.1. The molecule has 0 saturated heterocycles. The number of benzene rings is 5. The molecular formula is C28H22. The molecule has 0 bridgehead atoms. The first-order valence-corrected chi connectivity index (χ1v) is 9.94. The largest absolute Gasteiger partial charge is 0.0622 e. The van der Waals surface area contributed by atoms with Crippen molar-refractivity contribution in [2.45, 2.75) is 13.3 Å². The Bertz CT molecular complexity index is 1270. The van der Waals surface area contributed by atoms with Gasteiger partial charge in [0.05, 0.1) is 0 Å². The summed E-state index contributed by atoms with van der Waals surface area (Å²) >= 11 is 0. The maximum Gasteiger partial charge on any atom is -0.0105 e. The highest BCUT2D eigenvalue weighted by Gasteiger charge is 2.10. The van der Waals surface area contributed by atoms with Gasteiger partial charge in [-0.25, -0.2) is 0 Å². The Balaban J connectivity index is 1.76. The Labute approximate surface area is 166 Å². The maximum absolute atomic E-state index is 2.38. The van der Waals surface area contributed by atoms with E-state index in [2.05, 4.69) is 110 Å². The van der Waals surface area contributed by atoms with Gasteiger partial charge in [0.2, 0.25) is 0 Å². The van der Waals surface area contributed by atoms with Crippen LogP contribution in [0.2, 0.25) is 0 Å². The maximum atomic E-state index is 2.38. The molecule has 0 fully saturated rings. The van der Waals surface area contributed by atoms with Gasteiger partial charge in [-0.1, -0.05) is 104 Å². The van der Waals surface area contributed by atoms with Crippen LogP contribution < -0.4 is 0 Å². The van der Waals surface area contributed by atoms with E-state index in [4.69, 9.17) is 0 Å². The van der Waals surface area contributed by atoms with Crippen LogP contribution in [-0.2, 0) is 6.42 Å². The average molecular weight is 358 g/mol. The van der Waals surface area contributed by atoms with Crippen LogP contribution in [-0.4, -0.2) is 0 Å². The zero-order chi connectivity index (χ0) is 18.9. The third-order valence-electron chi connectivity index (χ3n) is 5.67. The van der Waals surface area contributed by atoms with Gasteiger partial charge in [0.15, 0.2) is 0 Å². The predicted molar refractivity (Wildman–Crippen MR) is 122 cm³/mol. The molecule has 0 amide bonds. The zero-order valence-electron chi connectivity index (χ0n) is 16.0. The lowest BCUT2D eigenvalue weighted by atomic mass is 9.90. The molecule has 0 saturated carbocycles. The Morgan fingerprint density at radius 1 is 0.500 bits per heavy atom. The lowest BCUT2D eigenvalue weighted by Gasteiger charge is -2.14. The highest BCUT2D eigenvalue weighted by molar-refractivity contribution is 6.00. The van der Waals surface area contributed by atoms with Crippen LogP contribution in [0.5, 0.6) is 0 Å². The van der Waals surface area contributed by atoms with Crippen LogP contribution >= 0.6 is 0 Å². The summed E-state index contributed by atoms with van der Waals surface area (Å²) in [5.41, 5.74) is 6.63. The standard InChI is InChI=1S/C28H22/c1-2-24-27(20-9-4-3-5-10-20)18-17-22-15-16-23(19-28(22)24)26-14-8-12-21-11-6-7-13-25(21)26/h3-19H,2H2,1H3. The van der Waals surface area contributed by atoms with Crippen LogP contribution in [0.25, 0.3) is 43.8 Å². The number of fused-ring (bicyclic) bond motifs is 2. The summed E-state index contributed by atoms with van der Waals surface area (Å²) < 4.78 is 0. The molecule has 0 atom stereocenters. The topological polar surface area (TPSA) is 0 Å². The Hall–Kier alpha value is -3.38. The van der Waals surface area contributed by atoms with Gasteiger partial charge in [0.25, 0.3) is 0 Å². The van der Waals surface area contributed by atoms with E-state index in [1.165, 1.54) is 49.4 Å². The quantitative estimate of drug-likeness (QED) is 0.307. The molecule has 0 N–H and O–H groups in total. The zero-order valence-corrected chi connectivity index (χ0v) is 16.0. The molecule has 5 aromatic rings. The molecule has 0 radical (unpaired) electrons. The lowest BCUT2D eigenvalue weighted by Crippen LogP contribution is -1.91. The van der Waals surface area contributed by atoms with Gasteiger partial charge < -0.3 is 0 Å². The minimum atomic E-state index is 1.01. The molecule has 0 aliphatic heterocycles. The molecule has 5 aromatic carbocycles. The minimum Gasteiger partial charge on any atom is -0.0622 e. The van der Waals surface area contributed by atoms with E-state index in [-0.39, 0.29) is 0 Å². The summed E-state index contributed by atoms with van der Waals surface area (Å²) in [6.45, 7) is 2.26. The van der Waals surface area contributed by atoms with Crippen LogP contribution in [0.1, 0.15) is 12.5 Å². The molecule has 0 aromatic heterocycles. The van der Waals surface area contributed by atoms with Crippen molar-refractivity contribution in [1.29, 1.82) is 0 Å². The second-order valence-corrected chi connectivity index (χ2v) is 7.27. The summed E-state index contributed by atoms with van der Waals surface area (Å²) in [6, 6.07) is 37.3. The molecule has 134 valence electrons. The molecule has 28 heavy (non-hydrogen) atoms. The summed E-state index contributed by atoms with van der Waals surface area (Å²) in [7, 11) is 0. The Kier molecular flexibility index (Phi) is 4.18. The first kappa shape index (κ1) is 16.8.